The molecular formula is C24H28F5N3O4. The van der Waals surface area contributed by atoms with Gasteiger partial charge in [0.1, 0.15) is 5.75 Å². The van der Waals surface area contributed by atoms with Crippen LogP contribution in [0.4, 0.5) is 27.6 Å². The van der Waals surface area contributed by atoms with E-state index < -0.39 is 24.7 Å². The number of esters is 1. The lowest BCUT2D eigenvalue weighted by Gasteiger charge is -2.24. The van der Waals surface area contributed by atoms with E-state index in [-0.39, 0.29) is 18.2 Å². The quantitative estimate of drug-likeness (QED) is 0.339. The molecule has 0 aliphatic carbocycles. The number of likely N-dealkylation sites (N-methyl/N-ethyl adjacent to an activating group) is 1. The first-order chi connectivity index (χ1) is 16.8. The molecule has 0 unspecified atom stereocenters. The smallest absolute Gasteiger partial charge is 0.456 e. The minimum absolute atomic E-state index is 0.0304. The maximum Gasteiger partial charge on any atom is 0.456 e. The lowest BCUT2D eigenvalue weighted by molar-refractivity contribution is -0.290. The molecule has 0 spiro atoms. The van der Waals surface area contributed by atoms with Gasteiger partial charge in [0.05, 0.1) is 19.2 Å². The van der Waals surface area contributed by atoms with Crippen LogP contribution in [-0.4, -0.2) is 81.2 Å². The van der Waals surface area contributed by atoms with E-state index >= 15 is 0 Å². The van der Waals surface area contributed by atoms with Gasteiger partial charge in [-0.05, 0) is 56.1 Å². The number of hydrogen-bond donors (Lipinski definition) is 1. The van der Waals surface area contributed by atoms with Crippen molar-refractivity contribution >= 4 is 17.6 Å². The predicted molar refractivity (Wildman–Crippen MR) is 123 cm³/mol. The van der Waals surface area contributed by atoms with Gasteiger partial charge in [-0.3, -0.25) is 9.69 Å². The molecule has 1 amide bonds. The topological polar surface area (TPSA) is 71.1 Å². The highest BCUT2D eigenvalue weighted by atomic mass is 19.4. The number of nitrogens with one attached hydrogen (secondary N) is 1. The highest BCUT2D eigenvalue weighted by molar-refractivity contribution is 5.92. The lowest BCUT2D eigenvalue weighted by Crippen LogP contribution is -2.41. The van der Waals surface area contributed by atoms with Crippen LogP contribution >= 0.6 is 0 Å². The number of alkyl halides is 5. The van der Waals surface area contributed by atoms with Crippen molar-refractivity contribution in [2.45, 2.75) is 18.6 Å². The van der Waals surface area contributed by atoms with Gasteiger partial charge in [0, 0.05) is 25.3 Å². The summed E-state index contributed by atoms with van der Waals surface area (Å²) in [5.74, 6) is -5.97. The first-order valence-electron chi connectivity index (χ1n) is 10.8. The molecule has 0 radical (unpaired) electrons. The van der Waals surface area contributed by atoms with E-state index in [1.807, 2.05) is 23.9 Å². The Labute approximate surface area is 205 Å². The fraction of sp³-hybridized carbons (Fsp3) is 0.417. The predicted octanol–water partition coefficient (Wildman–Crippen LogP) is 4.05. The Balaban J connectivity index is 1.96. The Hall–Kier alpha value is -3.25. The van der Waals surface area contributed by atoms with Gasteiger partial charge >= 0.3 is 18.1 Å². The molecule has 1 N–H and O–H groups in total. The molecular weight excluding hydrogens is 489 g/mol. The zero-order chi connectivity index (χ0) is 26.9. The van der Waals surface area contributed by atoms with Crippen LogP contribution in [-0.2, 0) is 16.1 Å². The number of halogens is 5. The molecule has 0 saturated carbocycles. The molecule has 7 nitrogen and oxygen atoms in total. The van der Waals surface area contributed by atoms with E-state index in [1.165, 1.54) is 31.4 Å². The molecule has 2 aromatic rings. The second-order valence-electron chi connectivity index (χ2n) is 8.27. The number of benzene rings is 2. The SMILES string of the molecule is COC(=O)c1ccc(CN(CCN(C)C)CC(=O)Nc2ccc(OCC(F)(F)C(F)(F)F)cc2)cc1. The van der Waals surface area contributed by atoms with Crippen LogP contribution in [0.1, 0.15) is 15.9 Å². The number of amides is 1. The van der Waals surface area contributed by atoms with Crippen molar-refractivity contribution < 1.29 is 41.0 Å². The fourth-order valence-electron chi connectivity index (χ4n) is 2.97. The van der Waals surface area contributed by atoms with Crippen LogP contribution < -0.4 is 10.1 Å². The van der Waals surface area contributed by atoms with Crippen LogP contribution in [0.2, 0.25) is 0 Å². The number of rotatable bonds is 12. The number of nitrogens with zero attached hydrogens (tertiary/aromatic N) is 2. The Morgan fingerprint density at radius 1 is 0.917 bits per heavy atom. The standard InChI is InChI=1S/C24H28F5N3O4/c1-31(2)12-13-32(14-17-4-6-18(7-5-17)22(34)35-3)15-21(33)30-19-8-10-20(11-9-19)36-16-23(25,26)24(27,28)29/h4-11H,12-16H2,1-3H3,(H,30,33). The van der Waals surface area contributed by atoms with E-state index in [0.29, 0.717) is 30.9 Å². The zero-order valence-corrected chi connectivity index (χ0v) is 20.1. The number of methoxy groups -OCH3 is 1. The number of ether oxygens (including phenoxy) is 2. The monoisotopic (exact) mass is 517 g/mol. The average Bonchev–Trinajstić information content (AvgIpc) is 2.81. The van der Waals surface area contributed by atoms with Crippen molar-refractivity contribution in [3.63, 3.8) is 0 Å². The molecule has 0 saturated heterocycles. The molecule has 0 atom stereocenters. The molecule has 2 rings (SSSR count). The normalized spacial score (nSPS) is 12.1. The van der Waals surface area contributed by atoms with E-state index in [4.69, 9.17) is 0 Å². The van der Waals surface area contributed by atoms with Crippen LogP contribution in [0.3, 0.4) is 0 Å². The summed E-state index contributed by atoms with van der Waals surface area (Å²) < 4.78 is 72.0. The third-order valence-electron chi connectivity index (χ3n) is 4.98. The number of anilines is 1. The molecule has 12 heteroatoms. The van der Waals surface area contributed by atoms with Gasteiger partial charge in [0.2, 0.25) is 5.91 Å². The van der Waals surface area contributed by atoms with Crippen molar-refractivity contribution in [1.29, 1.82) is 0 Å². The minimum Gasteiger partial charge on any atom is -0.487 e. The van der Waals surface area contributed by atoms with Crippen molar-refractivity contribution in [3.05, 3.63) is 59.7 Å². The first kappa shape index (κ1) is 29.0. The largest absolute Gasteiger partial charge is 0.487 e. The van der Waals surface area contributed by atoms with Crippen molar-refractivity contribution in [1.82, 2.24) is 9.80 Å². The van der Waals surface area contributed by atoms with E-state index in [9.17, 15) is 31.5 Å². The number of hydrogen-bond acceptors (Lipinski definition) is 6. The lowest BCUT2D eigenvalue weighted by atomic mass is 10.1. The highest BCUT2D eigenvalue weighted by Crippen LogP contribution is 2.35. The molecule has 0 aliphatic rings. The summed E-state index contributed by atoms with van der Waals surface area (Å²) in [4.78, 5) is 28.1. The summed E-state index contributed by atoms with van der Waals surface area (Å²) >= 11 is 0. The first-order valence-corrected chi connectivity index (χ1v) is 10.8. The molecule has 0 bridgehead atoms. The number of carbonyl (C=O) groups excluding carboxylic acids is 2. The highest BCUT2D eigenvalue weighted by Gasteiger charge is 2.58. The van der Waals surface area contributed by atoms with Crippen molar-refractivity contribution in [3.8, 4) is 5.75 Å². The van der Waals surface area contributed by atoms with Crippen molar-refractivity contribution in [2.24, 2.45) is 0 Å². The molecule has 0 aliphatic heterocycles. The van der Waals surface area contributed by atoms with E-state index in [0.717, 1.165) is 5.56 Å². The molecule has 2 aromatic carbocycles. The Morgan fingerprint density at radius 3 is 2.06 bits per heavy atom. The molecule has 0 fully saturated rings. The fourth-order valence-corrected chi connectivity index (χ4v) is 2.97. The number of carbonyl (C=O) groups is 2. The van der Waals surface area contributed by atoms with Crippen LogP contribution in [0.25, 0.3) is 0 Å². The van der Waals surface area contributed by atoms with Gasteiger partial charge in [-0.15, -0.1) is 0 Å². The van der Waals surface area contributed by atoms with Crippen LogP contribution in [0.15, 0.2) is 48.5 Å². The van der Waals surface area contributed by atoms with Crippen LogP contribution in [0, 0.1) is 0 Å². The summed E-state index contributed by atoms with van der Waals surface area (Å²) in [6.45, 7) is -0.128. The van der Waals surface area contributed by atoms with Gasteiger partial charge in [-0.1, -0.05) is 12.1 Å². The van der Waals surface area contributed by atoms with Gasteiger partial charge in [0.15, 0.2) is 6.61 Å². The van der Waals surface area contributed by atoms with Gasteiger partial charge < -0.3 is 19.7 Å². The Morgan fingerprint density at radius 2 is 1.53 bits per heavy atom. The Kier molecular flexibility index (Phi) is 10.2. The third kappa shape index (κ3) is 9.08. The van der Waals surface area contributed by atoms with Gasteiger partial charge in [0.25, 0.3) is 0 Å². The summed E-state index contributed by atoms with van der Waals surface area (Å²) in [5.41, 5.74) is 1.62. The molecule has 198 valence electrons. The Bertz CT molecular complexity index is 996. The maximum atomic E-state index is 13.0. The van der Waals surface area contributed by atoms with Gasteiger partial charge in [-0.2, -0.15) is 22.0 Å². The maximum absolute atomic E-state index is 13.0. The van der Waals surface area contributed by atoms with E-state index in [1.54, 1.807) is 24.3 Å². The summed E-state index contributed by atoms with van der Waals surface area (Å²) in [6, 6.07) is 11.9. The van der Waals surface area contributed by atoms with Gasteiger partial charge in [-0.25, -0.2) is 4.79 Å². The summed E-state index contributed by atoms with van der Waals surface area (Å²) in [5, 5.41) is 2.66. The molecule has 0 heterocycles. The van der Waals surface area contributed by atoms with Crippen molar-refractivity contribution in [2.75, 3.05) is 52.8 Å². The molecule has 0 aromatic heterocycles. The second kappa shape index (κ2) is 12.6. The third-order valence-corrected chi connectivity index (χ3v) is 4.98. The van der Waals surface area contributed by atoms with E-state index in [2.05, 4.69) is 14.8 Å². The minimum atomic E-state index is -5.71. The zero-order valence-electron chi connectivity index (χ0n) is 20.1. The average molecular weight is 517 g/mol. The molecule has 36 heavy (non-hydrogen) atoms. The summed E-state index contributed by atoms with van der Waals surface area (Å²) in [6.07, 6.45) is -5.71. The summed E-state index contributed by atoms with van der Waals surface area (Å²) in [7, 11) is 5.10. The second-order valence-corrected chi connectivity index (χ2v) is 8.27. The van der Waals surface area contributed by atoms with Crippen LogP contribution in [0.5, 0.6) is 5.75 Å².